The molecule has 2 bridgehead atoms. The van der Waals surface area contributed by atoms with Gasteiger partial charge in [-0.1, -0.05) is 6.07 Å². The number of aromatic amines is 2. The maximum Gasteiger partial charge on any atom is 0.292 e. The van der Waals surface area contributed by atoms with E-state index in [1.165, 1.54) is 11.4 Å². The predicted octanol–water partition coefficient (Wildman–Crippen LogP) is 2.94. The minimum Gasteiger partial charge on any atom is -0.383 e. The number of nitrogens with one attached hydrogen (secondary N) is 2. The normalized spacial score (nSPS) is 20.4. The SMILES string of the molecule is CC(=O)c1c([C@@H]2C[C@H]3CC[C@@H](C2)N3C(=O)c2nnc(C)[nH]2)nc2c(-c3ccc(-c4ncc[nH]4)nc3)cnn2c1N. The highest BCUT2D eigenvalue weighted by Gasteiger charge is 2.46. The number of fused-ring (bicyclic) bond motifs is 3. The van der Waals surface area contributed by atoms with Crippen molar-refractivity contribution in [2.75, 3.05) is 5.73 Å². The van der Waals surface area contributed by atoms with Gasteiger partial charge >= 0.3 is 0 Å². The molecule has 13 nitrogen and oxygen atoms in total. The fourth-order valence-electron chi connectivity index (χ4n) is 6.29. The molecular formula is C27H27N11O2. The molecule has 3 atom stereocenters. The molecule has 0 saturated carbocycles. The number of amides is 1. The molecule has 0 aromatic carbocycles. The van der Waals surface area contributed by atoms with Crippen LogP contribution in [0.25, 0.3) is 28.3 Å². The molecular weight excluding hydrogens is 510 g/mol. The van der Waals surface area contributed by atoms with E-state index in [1.54, 1.807) is 31.7 Å². The summed E-state index contributed by atoms with van der Waals surface area (Å²) in [6, 6.07) is 3.85. The van der Waals surface area contributed by atoms with Crippen molar-refractivity contribution in [3.63, 3.8) is 0 Å². The van der Waals surface area contributed by atoms with Gasteiger partial charge in [-0.25, -0.2) is 9.97 Å². The zero-order chi connectivity index (χ0) is 27.5. The number of aryl methyl sites for hydroxylation is 1. The first-order chi connectivity index (χ1) is 19.4. The molecule has 40 heavy (non-hydrogen) atoms. The third kappa shape index (κ3) is 3.76. The average molecular weight is 538 g/mol. The van der Waals surface area contributed by atoms with E-state index in [2.05, 4.69) is 35.2 Å². The first kappa shape index (κ1) is 24.1. The molecule has 0 spiro atoms. The lowest BCUT2D eigenvalue weighted by Gasteiger charge is -2.38. The number of ketones is 1. The third-order valence-corrected chi connectivity index (χ3v) is 8.03. The Bertz CT molecular complexity index is 1740. The second kappa shape index (κ2) is 9.07. The van der Waals surface area contributed by atoms with E-state index in [4.69, 9.17) is 10.7 Å². The van der Waals surface area contributed by atoms with Gasteiger partial charge in [0.25, 0.3) is 5.91 Å². The number of carbonyl (C=O) groups excluding carboxylic acids is 2. The highest BCUT2D eigenvalue weighted by Crippen LogP contribution is 2.45. The van der Waals surface area contributed by atoms with E-state index in [-0.39, 0.29) is 41.3 Å². The number of pyridine rings is 1. The molecule has 13 heteroatoms. The Labute approximate surface area is 228 Å². The van der Waals surface area contributed by atoms with E-state index in [9.17, 15) is 9.59 Å². The Morgan fingerprint density at radius 1 is 1.07 bits per heavy atom. The van der Waals surface area contributed by atoms with Crippen LogP contribution >= 0.6 is 0 Å². The van der Waals surface area contributed by atoms with Crippen molar-refractivity contribution in [3.05, 3.63) is 59.8 Å². The minimum atomic E-state index is -0.161. The number of H-pyrrole nitrogens is 2. The highest BCUT2D eigenvalue weighted by atomic mass is 16.2. The molecule has 202 valence electrons. The van der Waals surface area contributed by atoms with Crippen molar-refractivity contribution >= 4 is 23.2 Å². The van der Waals surface area contributed by atoms with Crippen LogP contribution in [0.1, 0.15) is 71.0 Å². The number of Topliss-reactive ketones (excluding diaryl/α,β-unsaturated/α-hetero) is 1. The number of nitrogens with two attached hydrogens (primary N) is 1. The van der Waals surface area contributed by atoms with Gasteiger partial charge in [-0.2, -0.15) is 9.61 Å². The molecule has 7 rings (SSSR count). The maximum atomic E-state index is 13.3. The number of imidazole rings is 1. The Hall–Kier alpha value is -4.94. The topological polar surface area (TPSA) is 177 Å². The Kier molecular flexibility index (Phi) is 5.47. The average Bonchev–Trinajstić information content (AvgIpc) is 3.75. The molecule has 5 aromatic heterocycles. The van der Waals surface area contributed by atoms with Crippen LogP contribution in [0.4, 0.5) is 5.82 Å². The second-order valence-electron chi connectivity index (χ2n) is 10.5. The molecule has 2 fully saturated rings. The lowest BCUT2D eigenvalue weighted by molar-refractivity contribution is 0.0556. The van der Waals surface area contributed by atoms with Crippen LogP contribution < -0.4 is 5.73 Å². The molecule has 5 aromatic rings. The quantitative estimate of drug-likeness (QED) is 0.284. The van der Waals surface area contributed by atoms with Gasteiger partial charge in [0.1, 0.15) is 17.3 Å². The van der Waals surface area contributed by atoms with Gasteiger partial charge in [0.05, 0.1) is 17.5 Å². The van der Waals surface area contributed by atoms with Crippen LogP contribution in [0.5, 0.6) is 0 Å². The predicted molar refractivity (Wildman–Crippen MR) is 144 cm³/mol. The number of anilines is 1. The third-order valence-electron chi connectivity index (χ3n) is 8.03. The monoisotopic (exact) mass is 537 g/mol. The number of hydrogen-bond donors (Lipinski definition) is 3. The number of rotatable bonds is 5. The van der Waals surface area contributed by atoms with Gasteiger partial charge in [-0.3, -0.25) is 14.6 Å². The second-order valence-corrected chi connectivity index (χ2v) is 10.5. The smallest absolute Gasteiger partial charge is 0.292 e. The van der Waals surface area contributed by atoms with Crippen LogP contribution in [-0.4, -0.2) is 73.4 Å². The van der Waals surface area contributed by atoms with E-state index < -0.39 is 0 Å². The molecule has 2 saturated heterocycles. The van der Waals surface area contributed by atoms with Crippen molar-refractivity contribution < 1.29 is 9.59 Å². The van der Waals surface area contributed by atoms with Crippen molar-refractivity contribution in [2.24, 2.45) is 0 Å². The molecule has 0 radical (unpaired) electrons. The molecule has 0 aliphatic carbocycles. The summed E-state index contributed by atoms with van der Waals surface area (Å²) in [5.41, 5.74) is 10.5. The van der Waals surface area contributed by atoms with Gasteiger partial charge in [0.2, 0.25) is 5.82 Å². The molecule has 4 N–H and O–H groups in total. The Morgan fingerprint density at radius 2 is 1.88 bits per heavy atom. The van der Waals surface area contributed by atoms with Gasteiger partial charge in [0.15, 0.2) is 17.3 Å². The lowest BCUT2D eigenvalue weighted by Crippen LogP contribution is -2.46. The highest BCUT2D eigenvalue weighted by molar-refractivity contribution is 6.00. The van der Waals surface area contributed by atoms with Gasteiger partial charge in [0, 0.05) is 47.7 Å². The fraction of sp³-hybridized carbons (Fsp3) is 0.333. The summed E-state index contributed by atoms with van der Waals surface area (Å²) in [5, 5.41) is 12.4. The summed E-state index contributed by atoms with van der Waals surface area (Å²) < 4.78 is 1.52. The van der Waals surface area contributed by atoms with Gasteiger partial charge in [-0.15, -0.1) is 10.2 Å². The first-order valence-electron chi connectivity index (χ1n) is 13.2. The van der Waals surface area contributed by atoms with E-state index in [1.807, 2.05) is 17.0 Å². The van der Waals surface area contributed by atoms with Crippen molar-refractivity contribution in [1.82, 2.24) is 49.6 Å². The number of nitrogens with zero attached hydrogens (tertiary/aromatic N) is 8. The Balaban J connectivity index is 1.25. The van der Waals surface area contributed by atoms with Crippen molar-refractivity contribution in [3.8, 4) is 22.6 Å². The van der Waals surface area contributed by atoms with E-state index in [0.717, 1.165) is 29.7 Å². The molecule has 1 amide bonds. The molecule has 2 aliphatic rings. The van der Waals surface area contributed by atoms with Crippen molar-refractivity contribution in [1.29, 1.82) is 0 Å². The van der Waals surface area contributed by atoms with E-state index >= 15 is 0 Å². The number of piperidine rings is 1. The zero-order valence-corrected chi connectivity index (χ0v) is 22.0. The summed E-state index contributed by atoms with van der Waals surface area (Å²) >= 11 is 0. The van der Waals surface area contributed by atoms with Gasteiger partial charge in [-0.05, 0) is 45.6 Å². The van der Waals surface area contributed by atoms with Crippen LogP contribution in [0.15, 0.2) is 36.9 Å². The van der Waals surface area contributed by atoms with E-state index in [0.29, 0.717) is 41.4 Å². The number of hydrogen-bond acceptors (Lipinski definition) is 9. The zero-order valence-electron chi connectivity index (χ0n) is 22.0. The lowest BCUT2D eigenvalue weighted by atomic mass is 9.85. The Morgan fingerprint density at radius 3 is 2.50 bits per heavy atom. The van der Waals surface area contributed by atoms with Crippen LogP contribution in [0, 0.1) is 6.92 Å². The van der Waals surface area contributed by atoms with Gasteiger partial charge < -0.3 is 20.6 Å². The van der Waals surface area contributed by atoms with Crippen LogP contribution in [-0.2, 0) is 0 Å². The summed E-state index contributed by atoms with van der Waals surface area (Å²) in [5.74, 6) is 1.48. The minimum absolute atomic E-state index is 0.0171. The number of carbonyl (C=O) groups is 2. The van der Waals surface area contributed by atoms with Crippen molar-refractivity contribution in [2.45, 2.75) is 57.5 Å². The fourth-order valence-corrected chi connectivity index (χ4v) is 6.29. The maximum absolute atomic E-state index is 13.3. The first-order valence-corrected chi connectivity index (χ1v) is 13.2. The molecule has 7 heterocycles. The number of nitrogen functional groups attached to an aromatic ring is 1. The summed E-state index contributed by atoms with van der Waals surface area (Å²) in [6.07, 6.45) is 10.0. The number of aromatic nitrogens is 9. The molecule has 0 unspecified atom stereocenters. The molecule has 2 aliphatic heterocycles. The standard InChI is InChI=1S/C27H27N11O2/c1-13(39)21-22(16-9-17-4-5-18(10-16)37(17)27(40)25-33-14(2)35-36-25)34-26-19(12-32-38(26)23(21)28)15-3-6-20(31-11-15)24-29-7-8-30-24/h3,6-8,11-12,16-18H,4-5,9-10,28H2,1-2H3,(H,29,30)(H,33,35,36)/t16-,17-,18+. The largest absolute Gasteiger partial charge is 0.383 e. The van der Waals surface area contributed by atoms with Crippen LogP contribution in [0.3, 0.4) is 0 Å². The van der Waals surface area contributed by atoms with Crippen LogP contribution in [0.2, 0.25) is 0 Å². The summed E-state index contributed by atoms with van der Waals surface area (Å²) in [4.78, 5) is 47.9. The summed E-state index contributed by atoms with van der Waals surface area (Å²) in [6.45, 7) is 3.28. The summed E-state index contributed by atoms with van der Waals surface area (Å²) in [7, 11) is 0.